The number of nitrogens with zero attached hydrogens (tertiary/aromatic N) is 2. The summed E-state index contributed by atoms with van der Waals surface area (Å²) in [6.45, 7) is 3.34. The minimum Gasteiger partial charge on any atom is -0.397 e. The Morgan fingerprint density at radius 3 is 2.38 bits per heavy atom. The van der Waals surface area contributed by atoms with E-state index in [0.717, 1.165) is 67.7 Å². The van der Waals surface area contributed by atoms with Gasteiger partial charge in [0.15, 0.2) is 0 Å². The van der Waals surface area contributed by atoms with Crippen molar-refractivity contribution >= 4 is 48.2 Å². The van der Waals surface area contributed by atoms with Gasteiger partial charge >= 0.3 is 0 Å². The van der Waals surface area contributed by atoms with Crippen molar-refractivity contribution in [3.8, 4) is 0 Å². The second-order valence-corrected chi connectivity index (χ2v) is 7.31. The minimum atomic E-state index is 0.652. The highest BCUT2D eigenvalue weighted by Gasteiger charge is 2.19. The predicted octanol–water partition coefficient (Wildman–Crippen LogP) is 3.29. The van der Waals surface area contributed by atoms with Gasteiger partial charge in [0.05, 0.1) is 17.6 Å². The third-order valence-electron chi connectivity index (χ3n) is 4.71. The number of carbonyl (C=O) groups is 1. The lowest BCUT2D eigenvalue weighted by atomic mass is 9.93. The predicted molar refractivity (Wildman–Crippen MR) is 111 cm³/mol. The Kier molecular flexibility index (Phi) is 6.46. The van der Waals surface area contributed by atoms with Crippen molar-refractivity contribution in [3.05, 3.63) is 57.6 Å². The molecule has 1 radical (unpaired) electrons. The standard InChI is InChI=1S/C19H21BCl2N3O/c21-16-10-14(11-17(22)12-16)4-5-15-2-1-3-18(19(15)23)24-6-8-25(9-7-24)20-13-26/h1-3,10-13H,4-9,23H2. The molecule has 3 rings (SSSR count). The van der Waals surface area contributed by atoms with Gasteiger partial charge in [0.1, 0.15) is 0 Å². The van der Waals surface area contributed by atoms with Crippen molar-refractivity contribution in [1.82, 2.24) is 4.81 Å². The summed E-state index contributed by atoms with van der Waals surface area (Å²) >= 11 is 12.2. The second kappa shape index (κ2) is 8.80. The first-order chi connectivity index (χ1) is 12.6. The molecule has 1 heterocycles. The van der Waals surface area contributed by atoms with Crippen LogP contribution in [0, 0.1) is 0 Å². The van der Waals surface area contributed by atoms with Crippen molar-refractivity contribution in [2.45, 2.75) is 12.8 Å². The van der Waals surface area contributed by atoms with E-state index >= 15 is 0 Å². The fraction of sp³-hybridized carbons (Fsp3) is 0.316. The number of para-hydroxylation sites is 1. The average molecular weight is 389 g/mol. The summed E-state index contributed by atoms with van der Waals surface area (Å²) in [6, 6.07) is 11.8. The number of hydrogen-bond acceptors (Lipinski definition) is 4. The molecule has 26 heavy (non-hydrogen) atoms. The summed E-state index contributed by atoms with van der Waals surface area (Å²) in [5, 5.41) is 1.30. The Hall–Kier alpha value is -1.69. The van der Waals surface area contributed by atoms with Crippen molar-refractivity contribution in [2.75, 3.05) is 36.8 Å². The van der Waals surface area contributed by atoms with Crippen LogP contribution in [-0.4, -0.2) is 44.6 Å². The Balaban J connectivity index is 1.68. The normalized spacial score (nSPS) is 15.1. The first-order valence-corrected chi connectivity index (χ1v) is 9.42. The number of carbonyl (C=O) groups excluding carboxylic acids is 1. The summed E-state index contributed by atoms with van der Waals surface area (Å²) in [7, 11) is 1.60. The third-order valence-corrected chi connectivity index (χ3v) is 5.14. The van der Waals surface area contributed by atoms with E-state index in [2.05, 4.69) is 23.1 Å². The van der Waals surface area contributed by atoms with Crippen LogP contribution < -0.4 is 10.6 Å². The molecular weight excluding hydrogens is 368 g/mol. The number of benzene rings is 2. The molecule has 7 heteroatoms. The first kappa shape index (κ1) is 19.1. The van der Waals surface area contributed by atoms with Crippen LogP contribution in [0.25, 0.3) is 0 Å². The van der Waals surface area contributed by atoms with E-state index in [1.165, 1.54) is 0 Å². The Labute approximate surface area is 165 Å². The van der Waals surface area contributed by atoms with Gasteiger partial charge < -0.3 is 20.2 Å². The van der Waals surface area contributed by atoms with E-state index in [4.69, 9.17) is 28.9 Å². The van der Waals surface area contributed by atoms with Gasteiger partial charge in [-0.3, -0.25) is 0 Å². The van der Waals surface area contributed by atoms with Gasteiger partial charge in [0.2, 0.25) is 0 Å². The van der Waals surface area contributed by atoms with Gasteiger partial charge in [0.25, 0.3) is 7.41 Å². The molecule has 0 unspecified atom stereocenters. The highest BCUT2D eigenvalue weighted by atomic mass is 35.5. The third kappa shape index (κ3) is 4.73. The molecule has 1 aliphatic rings. The van der Waals surface area contributed by atoms with Gasteiger partial charge in [-0.15, -0.1) is 0 Å². The smallest absolute Gasteiger partial charge is 0.293 e. The zero-order chi connectivity index (χ0) is 18.5. The first-order valence-electron chi connectivity index (χ1n) is 8.67. The summed E-state index contributed by atoms with van der Waals surface area (Å²) < 4.78 is 0. The Morgan fingerprint density at radius 2 is 1.73 bits per heavy atom. The molecule has 4 nitrogen and oxygen atoms in total. The van der Waals surface area contributed by atoms with E-state index in [1.807, 2.05) is 16.9 Å². The SMILES string of the molecule is Nc1c(CCc2cc(Cl)cc(Cl)c2)cccc1N1CCN([B]C=O)CC1. The van der Waals surface area contributed by atoms with Crippen molar-refractivity contribution in [2.24, 2.45) is 0 Å². The van der Waals surface area contributed by atoms with Gasteiger partial charge in [-0.25, -0.2) is 0 Å². The number of piperazine rings is 1. The Bertz CT molecular complexity index is 759. The fourth-order valence-electron chi connectivity index (χ4n) is 3.33. The molecule has 0 amide bonds. The molecule has 1 aliphatic heterocycles. The molecule has 1 fully saturated rings. The van der Waals surface area contributed by atoms with Crippen LogP contribution in [0.3, 0.4) is 0 Å². The number of hydrogen-bond donors (Lipinski definition) is 1. The van der Waals surface area contributed by atoms with Crippen molar-refractivity contribution < 1.29 is 4.79 Å². The topological polar surface area (TPSA) is 49.6 Å². The van der Waals surface area contributed by atoms with Gasteiger partial charge in [-0.1, -0.05) is 35.3 Å². The number of nitrogen functional groups attached to an aromatic ring is 1. The summed E-state index contributed by atoms with van der Waals surface area (Å²) in [5.41, 5.74) is 10.6. The maximum atomic E-state index is 10.6. The molecular formula is C19H21BCl2N3O. The average Bonchev–Trinajstić information content (AvgIpc) is 2.61. The molecule has 0 spiro atoms. The van der Waals surface area contributed by atoms with Crippen LogP contribution in [0.2, 0.25) is 10.0 Å². The van der Waals surface area contributed by atoms with E-state index < -0.39 is 0 Å². The molecule has 1 saturated heterocycles. The number of rotatable bonds is 6. The zero-order valence-electron chi connectivity index (χ0n) is 14.5. The lowest BCUT2D eigenvalue weighted by Crippen LogP contribution is -2.48. The highest BCUT2D eigenvalue weighted by molar-refractivity contribution is 6.64. The Morgan fingerprint density at radius 1 is 1.04 bits per heavy atom. The molecule has 2 N–H and O–H groups in total. The van der Waals surface area contributed by atoms with Crippen LogP contribution in [0.15, 0.2) is 36.4 Å². The molecule has 0 aliphatic carbocycles. The van der Waals surface area contributed by atoms with Crippen LogP contribution >= 0.6 is 23.2 Å². The largest absolute Gasteiger partial charge is 0.397 e. The van der Waals surface area contributed by atoms with Crippen LogP contribution in [-0.2, 0) is 17.6 Å². The fourth-order valence-corrected chi connectivity index (χ4v) is 3.90. The summed E-state index contributed by atoms with van der Waals surface area (Å²) in [5.74, 6) is 0. The molecule has 0 atom stereocenters. The van der Waals surface area contributed by atoms with E-state index in [0.29, 0.717) is 10.0 Å². The zero-order valence-corrected chi connectivity index (χ0v) is 16.0. The van der Waals surface area contributed by atoms with Crippen LogP contribution in [0.4, 0.5) is 11.4 Å². The van der Waals surface area contributed by atoms with Gasteiger partial charge in [-0.2, -0.15) is 0 Å². The summed E-state index contributed by atoms with van der Waals surface area (Å²) in [4.78, 5) is 14.9. The van der Waals surface area contributed by atoms with Gasteiger partial charge in [0, 0.05) is 36.2 Å². The van der Waals surface area contributed by atoms with Crippen LogP contribution in [0.1, 0.15) is 11.1 Å². The molecule has 135 valence electrons. The number of aryl methyl sites for hydroxylation is 2. The van der Waals surface area contributed by atoms with Crippen molar-refractivity contribution in [1.29, 1.82) is 0 Å². The maximum absolute atomic E-state index is 10.6. The summed E-state index contributed by atoms with van der Waals surface area (Å²) in [6.07, 6.45) is 2.50. The number of nitrogens with two attached hydrogens (primary N) is 1. The quantitative estimate of drug-likeness (QED) is 0.468. The number of anilines is 2. The maximum Gasteiger partial charge on any atom is 0.293 e. The van der Waals surface area contributed by atoms with Gasteiger partial charge in [-0.05, 0) is 48.2 Å². The number of halogens is 2. The van der Waals surface area contributed by atoms with Crippen LogP contribution in [0.5, 0.6) is 0 Å². The highest BCUT2D eigenvalue weighted by Crippen LogP contribution is 2.29. The van der Waals surface area contributed by atoms with E-state index in [1.54, 1.807) is 13.5 Å². The van der Waals surface area contributed by atoms with E-state index in [9.17, 15) is 4.79 Å². The van der Waals surface area contributed by atoms with E-state index in [-0.39, 0.29) is 0 Å². The molecule has 2 aromatic rings. The monoisotopic (exact) mass is 388 g/mol. The molecule has 2 aromatic carbocycles. The lowest BCUT2D eigenvalue weighted by Gasteiger charge is -2.36. The second-order valence-electron chi connectivity index (χ2n) is 6.44. The molecule has 0 bridgehead atoms. The lowest BCUT2D eigenvalue weighted by molar-refractivity contribution is 0.409. The van der Waals surface area contributed by atoms with Crippen molar-refractivity contribution in [3.63, 3.8) is 0 Å². The molecule has 0 aromatic heterocycles. The minimum absolute atomic E-state index is 0.652. The molecule has 0 saturated carbocycles.